The van der Waals surface area contributed by atoms with Gasteiger partial charge >= 0.3 is 12.1 Å². The molecular weight excluding hydrogens is 351 g/mol. The highest BCUT2D eigenvalue weighted by molar-refractivity contribution is 6.37. The van der Waals surface area contributed by atoms with E-state index in [1.54, 1.807) is 31.2 Å². The van der Waals surface area contributed by atoms with Crippen molar-refractivity contribution in [1.82, 2.24) is 15.0 Å². The van der Waals surface area contributed by atoms with Crippen LogP contribution in [-0.2, 0) is 22.3 Å². The van der Waals surface area contributed by atoms with E-state index in [2.05, 4.69) is 14.7 Å². The summed E-state index contributed by atoms with van der Waals surface area (Å²) in [6.45, 7) is 2.41. The minimum atomic E-state index is -4.69. The van der Waals surface area contributed by atoms with Crippen molar-refractivity contribution in [3.05, 3.63) is 35.7 Å². The normalized spacial score (nSPS) is 14.3. The van der Waals surface area contributed by atoms with Crippen LogP contribution in [-0.4, -0.2) is 33.3 Å². The van der Waals surface area contributed by atoms with Gasteiger partial charge in [-0.3, -0.25) is 9.59 Å². The van der Waals surface area contributed by atoms with Crippen LogP contribution in [0.1, 0.15) is 31.2 Å². The highest BCUT2D eigenvalue weighted by Gasteiger charge is 2.38. The van der Waals surface area contributed by atoms with Crippen LogP contribution in [0.15, 0.2) is 28.8 Å². The van der Waals surface area contributed by atoms with Crippen LogP contribution >= 0.6 is 0 Å². The monoisotopic (exact) mass is 367 g/mol. The Kier molecular flexibility index (Phi) is 4.80. The van der Waals surface area contributed by atoms with Gasteiger partial charge in [0, 0.05) is 24.6 Å². The molecule has 0 unspecified atom stereocenters. The van der Waals surface area contributed by atoms with Gasteiger partial charge in [0.25, 0.3) is 5.91 Å². The molecule has 1 amide bonds. The molecule has 6 nitrogen and oxygen atoms in total. The lowest BCUT2D eigenvalue weighted by Gasteiger charge is -2.20. The summed E-state index contributed by atoms with van der Waals surface area (Å²) in [5.74, 6) is -2.56. The van der Waals surface area contributed by atoms with E-state index < -0.39 is 18.0 Å². The molecular formula is C17H16F3N3O3. The van der Waals surface area contributed by atoms with Crippen LogP contribution in [0, 0.1) is 5.92 Å². The molecule has 1 aromatic heterocycles. The molecule has 0 saturated heterocycles. The number of carbonyl (C=O) groups is 2. The number of Topliss-reactive ketones (excluding diaryl/α,β-unsaturated/α-hetero) is 1. The summed E-state index contributed by atoms with van der Waals surface area (Å²) in [7, 11) is 0. The van der Waals surface area contributed by atoms with Crippen LogP contribution in [0.3, 0.4) is 0 Å². The van der Waals surface area contributed by atoms with Crippen molar-refractivity contribution in [2.45, 2.75) is 32.5 Å². The van der Waals surface area contributed by atoms with E-state index in [1.807, 2.05) is 0 Å². The summed E-state index contributed by atoms with van der Waals surface area (Å²) in [6.07, 6.45) is -3.16. The predicted molar refractivity (Wildman–Crippen MR) is 83.6 cm³/mol. The average molecular weight is 367 g/mol. The molecule has 26 heavy (non-hydrogen) atoms. The fourth-order valence-electron chi connectivity index (χ4n) is 2.44. The smallest absolute Gasteiger partial charge is 0.332 e. The maximum Gasteiger partial charge on any atom is 0.471 e. The average Bonchev–Trinajstić information content (AvgIpc) is 3.33. The summed E-state index contributed by atoms with van der Waals surface area (Å²) in [6, 6.07) is 6.38. The minimum absolute atomic E-state index is 0.139. The number of alkyl halides is 3. The molecule has 1 aliphatic rings. The molecule has 0 spiro atoms. The Hall–Kier alpha value is -2.71. The van der Waals surface area contributed by atoms with E-state index in [4.69, 9.17) is 0 Å². The summed E-state index contributed by atoms with van der Waals surface area (Å²) in [4.78, 5) is 28.9. The highest BCUT2D eigenvalue weighted by atomic mass is 19.4. The Bertz CT molecular complexity index is 811. The first-order chi connectivity index (χ1) is 12.3. The van der Waals surface area contributed by atoms with E-state index in [0.717, 1.165) is 18.4 Å². The van der Waals surface area contributed by atoms with E-state index in [-0.39, 0.29) is 24.1 Å². The number of aromatic nitrogens is 2. The van der Waals surface area contributed by atoms with E-state index in [9.17, 15) is 22.8 Å². The van der Waals surface area contributed by atoms with Crippen molar-refractivity contribution < 1.29 is 27.3 Å². The molecule has 9 heteroatoms. The zero-order valence-electron chi connectivity index (χ0n) is 13.9. The number of amides is 1. The van der Waals surface area contributed by atoms with Gasteiger partial charge in [0.1, 0.15) is 0 Å². The maximum absolute atomic E-state index is 12.5. The molecule has 0 atom stereocenters. The van der Waals surface area contributed by atoms with Crippen LogP contribution in [0.5, 0.6) is 0 Å². The topological polar surface area (TPSA) is 76.3 Å². The quantitative estimate of drug-likeness (QED) is 0.734. The van der Waals surface area contributed by atoms with Gasteiger partial charge in [0.05, 0.1) is 0 Å². The molecule has 1 aliphatic carbocycles. The second kappa shape index (κ2) is 6.89. The van der Waals surface area contributed by atoms with Gasteiger partial charge in [-0.1, -0.05) is 29.4 Å². The van der Waals surface area contributed by atoms with Gasteiger partial charge in [-0.05, 0) is 25.3 Å². The lowest BCUT2D eigenvalue weighted by atomic mass is 10.1. The summed E-state index contributed by atoms with van der Waals surface area (Å²) >= 11 is 0. The molecule has 0 N–H and O–H groups in total. The van der Waals surface area contributed by atoms with Crippen molar-refractivity contribution >= 4 is 11.7 Å². The number of hydrogen-bond donors (Lipinski definition) is 0. The first kappa shape index (κ1) is 18.1. The number of likely N-dealkylation sites (N-methyl/N-ethyl adjacent to an activating group) is 1. The van der Waals surface area contributed by atoms with Crippen molar-refractivity contribution in [3.8, 4) is 11.4 Å². The third-order valence-electron chi connectivity index (χ3n) is 4.08. The molecule has 2 aromatic rings. The largest absolute Gasteiger partial charge is 0.471 e. The first-order valence-electron chi connectivity index (χ1n) is 8.13. The second-order valence-corrected chi connectivity index (χ2v) is 6.08. The lowest BCUT2D eigenvalue weighted by Crippen LogP contribution is -2.36. The molecule has 0 radical (unpaired) electrons. The number of nitrogens with zero attached hydrogens (tertiary/aromatic N) is 3. The Morgan fingerprint density at radius 3 is 2.38 bits per heavy atom. The molecule has 0 bridgehead atoms. The Morgan fingerprint density at radius 2 is 1.88 bits per heavy atom. The van der Waals surface area contributed by atoms with Crippen LogP contribution in [0.2, 0.25) is 0 Å². The van der Waals surface area contributed by atoms with Gasteiger partial charge in [0.2, 0.25) is 11.6 Å². The van der Waals surface area contributed by atoms with Crippen molar-refractivity contribution in [2.24, 2.45) is 5.92 Å². The second-order valence-electron chi connectivity index (χ2n) is 6.08. The van der Waals surface area contributed by atoms with Crippen molar-refractivity contribution in [3.63, 3.8) is 0 Å². The molecule has 1 fully saturated rings. The number of halogens is 3. The molecule has 1 heterocycles. The number of benzene rings is 1. The fraction of sp³-hybridized carbons (Fsp3) is 0.412. The Morgan fingerprint density at radius 1 is 1.23 bits per heavy atom. The number of carbonyl (C=O) groups excluding carboxylic acids is 2. The Labute approximate surface area is 147 Å². The van der Waals surface area contributed by atoms with E-state index >= 15 is 0 Å². The van der Waals surface area contributed by atoms with Gasteiger partial charge in [-0.15, -0.1) is 0 Å². The summed E-state index contributed by atoms with van der Waals surface area (Å²) in [5, 5.41) is 3.32. The fourth-order valence-corrected chi connectivity index (χ4v) is 2.44. The number of rotatable bonds is 6. The first-order valence-corrected chi connectivity index (χ1v) is 8.13. The lowest BCUT2D eigenvalue weighted by molar-refractivity contribution is -0.159. The summed E-state index contributed by atoms with van der Waals surface area (Å²) in [5.41, 5.74) is 1.10. The summed E-state index contributed by atoms with van der Waals surface area (Å²) < 4.78 is 41.7. The Balaban J connectivity index is 1.69. The van der Waals surface area contributed by atoms with Crippen molar-refractivity contribution in [1.29, 1.82) is 0 Å². The molecule has 1 saturated carbocycles. The van der Waals surface area contributed by atoms with Crippen LogP contribution in [0.25, 0.3) is 11.4 Å². The number of ketones is 1. The standard InChI is InChI=1S/C17H16F3N3O3/c1-2-23(15(25)13(24)11-7-8-11)9-10-3-5-12(6-4-10)14-21-16(26-22-14)17(18,19)20/h3-6,11H,2,7-9H2,1H3. The van der Waals surface area contributed by atoms with Gasteiger partial charge in [-0.2, -0.15) is 18.2 Å². The van der Waals surface area contributed by atoms with Gasteiger partial charge in [0.15, 0.2) is 0 Å². The third-order valence-corrected chi connectivity index (χ3v) is 4.08. The van der Waals surface area contributed by atoms with Gasteiger partial charge in [-0.25, -0.2) is 0 Å². The molecule has 3 rings (SSSR count). The molecule has 138 valence electrons. The third kappa shape index (κ3) is 3.92. The zero-order valence-corrected chi connectivity index (χ0v) is 13.9. The van der Waals surface area contributed by atoms with Crippen LogP contribution in [0.4, 0.5) is 13.2 Å². The van der Waals surface area contributed by atoms with Crippen LogP contribution < -0.4 is 0 Å². The van der Waals surface area contributed by atoms with Gasteiger partial charge < -0.3 is 9.42 Å². The van der Waals surface area contributed by atoms with Crippen molar-refractivity contribution in [2.75, 3.05) is 6.54 Å². The molecule has 1 aromatic carbocycles. The van der Waals surface area contributed by atoms with E-state index in [0.29, 0.717) is 12.1 Å². The molecule has 0 aliphatic heterocycles. The highest BCUT2D eigenvalue weighted by Crippen LogP contribution is 2.31. The minimum Gasteiger partial charge on any atom is -0.332 e. The maximum atomic E-state index is 12.5. The SMILES string of the molecule is CCN(Cc1ccc(-c2noc(C(F)(F)F)n2)cc1)C(=O)C(=O)C1CC1. The van der Waals surface area contributed by atoms with E-state index in [1.165, 1.54) is 4.90 Å². The zero-order chi connectivity index (χ0) is 18.9. The predicted octanol–water partition coefficient (Wildman–Crippen LogP) is 3.08. The number of hydrogen-bond acceptors (Lipinski definition) is 5.